The summed E-state index contributed by atoms with van der Waals surface area (Å²) < 4.78 is 0. The van der Waals surface area contributed by atoms with Crippen molar-refractivity contribution >= 4 is 12.0 Å². The van der Waals surface area contributed by atoms with Gasteiger partial charge in [-0.15, -0.1) is 0 Å². The van der Waals surface area contributed by atoms with E-state index in [1.807, 2.05) is 11.8 Å². The molecular weight excluding hydrogens is 232 g/mol. The molecule has 0 spiro atoms. The van der Waals surface area contributed by atoms with E-state index in [2.05, 4.69) is 6.92 Å². The highest BCUT2D eigenvalue weighted by atomic mass is 16.4. The van der Waals surface area contributed by atoms with Crippen LogP contribution in [0.3, 0.4) is 0 Å². The molecule has 0 aromatic heterocycles. The Morgan fingerprint density at radius 3 is 2.50 bits per heavy atom. The second kappa shape index (κ2) is 4.78. The average molecular weight is 254 g/mol. The van der Waals surface area contributed by atoms with Crippen LogP contribution in [0.1, 0.15) is 33.1 Å². The Labute approximate surface area is 108 Å². The molecule has 18 heavy (non-hydrogen) atoms. The minimum Gasteiger partial charge on any atom is -0.481 e. The molecular formula is C13H22N2O3. The van der Waals surface area contributed by atoms with Crippen molar-refractivity contribution in [3.8, 4) is 0 Å². The monoisotopic (exact) mass is 254 g/mol. The zero-order valence-electron chi connectivity index (χ0n) is 11.2. The van der Waals surface area contributed by atoms with Crippen molar-refractivity contribution in [1.82, 2.24) is 9.80 Å². The van der Waals surface area contributed by atoms with Crippen molar-refractivity contribution in [3.63, 3.8) is 0 Å². The fourth-order valence-corrected chi connectivity index (χ4v) is 2.96. The van der Waals surface area contributed by atoms with Crippen LogP contribution in [0.5, 0.6) is 0 Å². The number of nitrogens with zero attached hydrogens (tertiary/aromatic N) is 2. The van der Waals surface area contributed by atoms with Crippen molar-refractivity contribution in [3.05, 3.63) is 0 Å². The molecule has 2 amide bonds. The molecule has 5 nitrogen and oxygen atoms in total. The molecule has 0 bridgehead atoms. The van der Waals surface area contributed by atoms with Crippen LogP contribution < -0.4 is 0 Å². The summed E-state index contributed by atoms with van der Waals surface area (Å²) in [4.78, 5) is 27.2. The maximum atomic E-state index is 12.3. The van der Waals surface area contributed by atoms with Crippen LogP contribution in [0.4, 0.5) is 4.79 Å². The highest BCUT2D eigenvalue weighted by molar-refractivity contribution is 5.80. The summed E-state index contributed by atoms with van der Waals surface area (Å²) in [6, 6.07) is 0.0240. The van der Waals surface area contributed by atoms with Gasteiger partial charge in [0.1, 0.15) is 0 Å². The van der Waals surface area contributed by atoms with Gasteiger partial charge < -0.3 is 14.9 Å². The lowest BCUT2D eigenvalue weighted by atomic mass is 9.84. The zero-order chi connectivity index (χ0) is 13.3. The third-order valence-electron chi connectivity index (χ3n) is 4.45. The molecule has 1 N–H and O–H groups in total. The first-order valence-corrected chi connectivity index (χ1v) is 6.76. The third-order valence-corrected chi connectivity index (χ3v) is 4.45. The Bertz CT molecular complexity index is 358. The Hall–Kier alpha value is -1.26. The third kappa shape index (κ3) is 2.18. The first kappa shape index (κ1) is 13.2. The molecule has 2 fully saturated rings. The number of carboxylic acid groups (broad SMARTS) is 1. The predicted molar refractivity (Wildman–Crippen MR) is 67.3 cm³/mol. The van der Waals surface area contributed by atoms with Crippen molar-refractivity contribution in [2.24, 2.45) is 11.3 Å². The number of amides is 2. The van der Waals surface area contributed by atoms with Gasteiger partial charge in [-0.2, -0.15) is 0 Å². The summed E-state index contributed by atoms with van der Waals surface area (Å²) in [5.74, 6) is -0.206. The predicted octanol–water partition coefficient (Wildman–Crippen LogP) is 1.63. The molecule has 5 heteroatoms. The van der Waals surface area contributed by atoms with Crippen LogP contribution in [0, 0.1) is 11.3 Å². The number of carboxylic acids is 1. The normalized spacial score (nSPS) is 32.0. The second-order valence-corrected chi connectivity index (χ2v) is 5.73. The largest absolute Gasteiger partial charge is 0.481 e. The first-order chi connectivity index (χ1) is 8.48. The van der Waals surface area contributed by atoms with E-state index in [-0.39, 0.29) is 6.03 Å². The Kier molecular flexibility index (Phi) is 3.50. The van der Waals surface area contributed by atoms with E-state index in [0.29, 0.717) is 31.8 Å². The summed E-state index contributed by atoms with van der Waals surface area (Å²) in [7, 11) is 0. The Balaban J connectivity index is 2.00. The van der Waals surface area contributed by atoms with Crippen LogP contribution in [0.25, 0.3) is 0 Å². The average Bonchev–Trinajstić information content (AvgIpc) is 2.95. The van der Waals surface area contributed by atoms with E-state index >= 15 is 0 Å². The van der Waals surface area contributed by atoms with Gasteiger partial charge >= 0.3 is 12.0 Å². The van der Waals surface area contributed by atoms with Crippen LogP contribution in [-0.2, 0) is 4.79 Å². The Morgan fingerprint density at radius 2 is 2.06 bits per heavy atom. The standard InChI is InChI=1S/C13H22N2O3/c1-3-13(11(16)17)5-7-15(9-13)12(18)14-6-4-10(2)8-14/h10H,3-9H2,1-2H3,(H,16,17). The zero-order valence-corrected chi connectivity index (χ0v) is 11.2. The van der Waals surface area contributed by atoms with Gasteiger partial charge in [-0.1, -0.05) is 13.8 Å². The summed E-state index contributed by atoms with van der Waals surface area (Å²) in [6.45, 7) is 6.58. The lowest BCUT2D eigenvalue weighted by molar-refractivity contribution is -0.148. The maximum absolute atomic E-state index is 12.3. The minimum atomic E-state index is -0.768. The van der Waals surface area contributed by atoms with Crippen molar-refractivity contribution in [2.45, 2.75) is 33.1 Å². The summed E-state index contributed by atoms with van der Waals surface area (Å²) in [6.07, 6.45) is 2.22. The molecule has 0 aromatic carbocycles. The van der Waals surface area contributed by atoms with Gasteiger partial charge in [0.15, 0.2) is 0 Å². The van der Waals surface area contributed by atoms with Gasteiger partial charge in [0.2, 0.25) is 0 Å². The van der Waals surface area contributed by atoms with Crippen LogP contribution in [-0.4, -0.2) is 53.1 Å². The fourth-order valence-electron chi connectivity index (χ4n) is 2.96. The number of likely N-dealkylation sites (tertiary alicyclic amines) is 2. The first-order valence-electron chi connectivity index (χ1n) is 6.76. The highest BCUT2D eigenvalue weighted by Crippen LogP contribution is 2.35. The van der Waals surface area contributed by atoms with Gasteiger partial charge in [-0.25, -0.2) is 4.79 Å². The molecule has 0 aromatic rings. The quantitative estimate of drug-likeness (QED) is 0.814. The summed E-state index contributed by atoms with van der Waals surface area (Å²) in [5.41, 5.74) is -0.721. The molecule has 0 aliphatic carbocycles. The number of hydrogen-bond donors (Lipinski definition) is 1. The summed E-state index contributed by atoms with van der Waals surface area (Å²) in [5, 5.41) is 9.32. The smallest absolute Gasteiger partial charge is 0.320 e. The molecule has 2 aliphatic rings. The van der Waals surface area contributed by atoms with Gasteiger partial charge in [0.05, 0.1) is 5.41 Å². The van der Waals surface area contributed by atoms with Gasteiger partial charge in [0, 0.05) is 26.2 Å². The van der Waals surface area contributed by atoms with Crippen LogP contribution >= 0.6 is 0 Å². The van der Waals surface area contributed by atoms with Crippen LogP contribution in [0.2, 0.25) is 0 Å². The number of carbonyl (C=O) groups excluding carboxylic acids is 1. The number of hydrogen-bond acceptors (Lipinski definition) is 2. The number of urea groups is 1. The van der Waals surface area contributed by atoms with Gasteiger partial charge in [-0.3, -0.25) is 4.79 Å². The molecule has 2 rings (SSSR count). The number of aliphatic carboxylic acids is 1. The maximum Gasteiger partial charge on any atom is 0.320 e. The van der Waals surface area contributed by atoms with E-state index in [0.717, 1.165) is 19.5 Å². The van der Waals surface area contributed by atoms with Crippen LogP contribution in [0.15, 0.2) is 0 Å². The van der Waals surface area contributed by atoms with Crippen molar-refractivity contribution in [2.75, 3.05) is 26.2 Å². The topological polar surface area (TPSA) is 60.9 Å². The minimum absolute atomic E-state index is 0.0240. The molecule has 102 valence electrons. The number of rotatable bonds is 2. The second-order valence-electron chi connectivity index (χ2n) is 5.73. The van der Waals surface area contributed by atoms with E-state index in [4.69, 9.17) is 0 Å². The molecule has 2 atom stereocenters. The molecule has 0 radical (unpaired) electrons. The Morgan fingerprint density at radius 1 is 1.33 bits per heavy atom. The van der Waals surface area contributed by atoms with E-state index < -0.39 is 11.4 Å². The van der Waals surface area contributed by atoms with Gasteiger partial charge in [0.25, 0.3) is 0 Å². The van der Waals surface area contributed by atoms with Crippen molar-refractivity contribution in [1.29, 1.82) is 0 Å². The summed E-state index contributed by atoms with van der Waals surface area (Å²) >= 11 is 0. The van der Waals surface area contributed by atoms with E-state index in [1.165, 1.54) is 0 Å². The highest BCUT2D eigenvalue weighted by Gasteiger charge is 2.45. The van der Waals surface area contributed by atoms with Gasteiger partial charge in [-0.05, 0) is 25.2 Å². The van der Waals surface area contributed by atoms with E-state index in [1.54, 1.807) is 4.90 Å². The lowest BCUT2D eigenvalue weighted by Gasteiger charge is -2.26. The molecule has 2 saturated heterocycles. The SMILES string of the molecule is CCC1(C(=O)O)CCN(C(=O)N2CCC(C)C2)C1. The lowest BCUT2D eigenvalue weighted by Crippen LogP contribution is -2.43. The molecule has 0 saturated carbocycles. The van der Waals surface area contributed by atoms with Crippen molar-refractivity contribution < 1.29 is 14.7 Å². The molecule has 2 unspecified atom stereocenters. The fraction of sp³-hybridized carbons (Fsp3) is 0.846. The van der Waals surface area contributed by atoms with E-state index in [9.17, 15) is 14.7 Å². The molecule has 2 heterocycles. The molecule has 2 aliphatic heterocycles. The number of carbonyl (C=O) groups is 2.